The highest BCUT2D eigenvalue weighted by Crippen LogP contribution is 2.12. The van der Waals surface area contributed by atoms with E-state index in [1.54, 1.807) is 6.26 Å². The van der Waals surface area contributed by atoms with Crippen LogP contribution in [0.4, 0.5) is 0 Å². The van der Waals surface area contributed by atoms with Gasteiger partial charge < -0.3 is 4.55 Å². The zero-order chi connectivity index (χ0) is 12.8. The van der Waals surface area contributed by atoms with Crippen molar-refractivity contribution >= 4 is 11.2 Å². The molecule has 0 saturated carbocycles. The van der Waals surface area contributed by atoms with Crippen molar-refractivity contribution in [3.63, 3.8) is 0 Å². The summed E-state index contributed by atoms with van der Waals surface area (Å²) in [7, 11) is 0. The summed E-state index contributed by atoms with van der Waals surface area (Å²) in [4.78, 5) is 0. The zero-order valence-electron chi connectivity index (χ0n) is 12.0. The largest absolute Gasteiger partial charge is 0.617 e. The van der Waals surface area contributed by atoms with Crippen molar-refractivity contribution in [1.29, 1.82) is 0 Å². The second kappa shape index (κ2) is 14.4. The molecule has 0 aromatic heterocycles. The van der Waals surface area contributed by atoms with Crippen LogP contribution in [0.15, 0.2) is 0 Å². The molecule has 0 rings (SSSR count). The first kappa shape index (κ1) is 17.3. The first-order valence-corrected chi connectivity index (χ1v) is 9.30. The van der Waals surface area contributed by atoms with E-state index in [2.05, 4.69) is 6.92 Å². The van der Waals surface area contributed by atoms with E-state index in [-0.39, 0.29) is 0 Å². The standard InChI is InChI=1S/C15H32OS/c1-3-4-5-6-7-8-9-10-11-12-13-14-15-17(2)16/h3-15H2,1-2H3. The average molecular weight is 260 g/mol. The van der Waals surface area contributed by atoms with Gasteiger partial charge in [-0.2, -0.15) is 0 Å². The summed E-state index contributed by atoms with van der Waals surface area (Å²) in [6.45, 7) is 2.27. The Bertz CT molecular complexity index is 137. The molecule has 1 unspecified atom stereocenters. The quantitative estimate of drug-likeness (QED) is 0.335. The van der Waals surface area contributed by atoms with Gasteiger partial charge in [0.2, 0.25) is 0 Å². The Morgan fingerprint density at radius 3 is 1.35 bits per heavy atom. The Labute approximate surface area is 112 Å². The van der Waals surface area contributed by atoms with E-state index in [4.69, 9.17) is 0 Å². The van der Waals surface area contributed by atoms with Crippen molar-refractivity contribution < 1.29 is 4.55 Å². The van der Waals surface area contributed by atoms with Gasteiger partial charge in [0.15, 0.2) is 0 Å². The van der Waals surface area contributed by atoms with Crippen LogP contribution in [0.1, 0.15) is 84.0 Å². The van der Waals surface area contributed by atoms with Crippen LogP contribution in [-0.4, -0.2) is 16.6 Å². The predicted octanol–water partition coefficient (Wildman–Crippen LogP) is 5.07. The average Bonchev–Trinajstić information content (AvgIpc) is 2.30. The third-order valence-electron chi connectivity index (χ3n) is 3.29. The van der Waals surface area contributed by atoms with E-state index in [9.17, 15) is 4.55 Å². The highest BCUT2D eigenvalue weighted by molar-refractivity contribution is 7.90. The maximum absolute atomic E-state index is 10.8. The second-order valence-electron chi connectivity index (χ2n) is 5.17. The Hall–Kier alpha value is 0.310. The van der Waals surface area contributed by atoms with Gasteiger partial charge in [-0.1, -0.05) is 82.3 Å². The van der Waals surface area contributed by atoms with E-state index in [1.165, 1.54) is 70.6 Å². The van der Waals surface area contributed by atoms with Crippen molar-refractivity contribution in [3.05, 3.63) is 0 Å². The van der Waals surface area contributed by atoms with Gasteiger partial charge in [0.25, 0.3) is 0 Å². The molecule has 0 saturated heterocycles. The first-order valence-electron chi connectivity index (χ1n) is 7.57. The third kappa shape index (κ3) is 16.3. The van der Waals surface area contributed by atoms with Crippen molar-refractivity contribution in [2.45, 2.75) is 84.0 Å². The molecule has 104 valence electrons. The minimum Gasteiger partial charge on any atom is -0.617 e. The monoisotopic (exact) mass is 260 g/mol. The molecule has 17 heavy (non-hydrogen) atoms. The summed E-state index contributed by atoms with van der Waals surface area (Å²) in [6.07, 6.45) is 18.3. The summed E-state index contributed by atoms with van der Waals surface area (Å²) >= 11 is -0.580. The summed E-state index contributed by atoms with van der Waals surface area (Å²) in [5, 5.41) is 0. The van der Waals surface area contributed by atoms with Crippen molar-refractivity contribution in [1.82, 2.24) is 0 Å². The highest BCUT2D eigenvalue weighted by atomic mass is 32.2. The lowest BCUT2D eigenvalue weighted by Gasteiger charge is -2.04. The minimum atomic E-state index is -0.580. The molecule has 0 amide bonds. The lowest BCUT2D eigenvalue weighted by molar-refractivity contribution is 0.546. The van der Waals surface area contributed by atoms with Crippen LogP contribution in [0.5, 0.6) is 0 Å². The van der Waals surface area contributed by atoms with Gasteiger partial charge in [0.05, 0.1) is 6.26 Å². The molecule has 0 radical (unpaired) electrons. The molecule has 0 aliphatic heterocycles. The van der Waals surface area contributed by atoms with E-state index in [0.717, 1.165) is 12.2 Å². The van der Waals surface area contributed by atoms with E-state index in [0.29, 0.717) is 0 Å². The molecular weight excluding hydrogens is 228 g/mol. The molecule has 0 aliphatic carbocycles. The predicted molar refractivity (Wildman–Crippen MR) is 80.0 cm³/mol. The highest BCUT2D eigenvalue weighted by Gasteiger charge is 1.97. The zero-order valence-corrected chi connectivity index (χ0v) is 12.8. The Morgan fingerprint density at radius 1 is 0.647 bits per heavy atom. The normalized spacial score (nSPS) is 12.9. The summed E-state index contributed by atoms with van der Waals surface area (Å²) in [5.41, 5.74) is 0. The molecule has 0 aromatic rings. The second-order valence-corrected chi connectivity index (χ2v) is 6.72. The maximum Gasteiger partial charge on any atom is 0.105 e. The van der Waals surface area contributed by atoms with Crippen LogP contribution < -0.4 is 0 Å². The van der Waals surface area contributed by atoms with Gasteiger partial charge in [-0.05, 0) is 12.8 Å². The number of hydrogen-bond acceptors (Lipinski definition) is 1. The fourth-order valence-electron chi connectivity index (χ4n) is 2.15. The van der Waals surface area contributed by atoms with Gasteiger partial charge in [-0.15, -0.1) is 0 Å². The van der Waals surface area contributed by atoms with Gasteiger partial charge in [-0.25, -0.2) is 0 Å². The molecule has 0 N–H and O–H groups in total. The van der Waals surface area contributed by atoms with E-state index in [1.807, 2.05) is 0 Å². The van der Waals surface area contributed by atoms with Crippen LogP contribution >= 0.6 is 0 Å². The van der Waals surface area contributed by atoms with Gasteiger partial charge >= 0.3 is 0 Å². The Morgan fingerprint density at radius 2 is 1.00 bits per heavy atom. The van der Waals surface area contributed by atoms with Gasteiger partial charge in [0.1, 0.15) is 5.75 Å². The van der Waals surface area contributed by atoms with Crippen LogP contribution in [-0.2, 0) is 11.2 Å². The SMILES string of the molecule is CCCCCCCCCCCCCC[S+](C)[O-]. The minimum absolute atomic E-state index is 0.580. The molecule has 1 nitrogen and oxygen atoms in total. The van der Waals surface area contributed by atoms with Crippen LogP contribution in [0, 0.1) is 0 Å². The maximum atomic E-state index is 10.8. The van der Waals surface area contributed by atoms with Gasteiger partial charge in [0, 0.05) is 0 Å². The third-order valence-corrected chi connectivity index (χ3v) is 4.15. The summed E-state index contributed by atoms with van der Waals surface area (Å²) in [5.74, 6) is 0.900. The molecule has 0 spiro atoms. The van der Waals surface area contributed by atoms with Crippen molar-refractivity contribution in [2.75, 3.05) is 12.0 Å². The van der Waals surface area contributed by atoms with Crippen LogP contribution in [0.3, 0.4) is 0 Å². The topological polar surface area (TPSA) is 23.1 Å². The van der Waals surface area contributed by atoms with E-state index < -0.39 is 11.2 Å². The molecule has 0 fully saturated rings. The fraction of sp³-hybridized carbons (Fsp3) is 1.00. The molecule has 0 aromatic carbocycles. The molecular formula is C15H32OS. The lowest BCUT2D eigenvalue weighted by atomic mass is 10.1. The summed E-state index contributed by atoms with van der Waals surface area (Å²) in [6, 6.07) is 0. The molecule has 0 aliphatic rings. The molecule has 0 heterocycles. The molecule has 0 bridgehead atoms. The Balaban J connectivity index is 2.89. The van der Waals surface area contributed by atoms with Crippen LogP contribution in [0.2, 0.25) is 0 Å². The fourth-order valence-corrected chi connectivity index (χ4v) is 2.76. The lowest BCUT2D eigenvalue weighted by Crippen LogP contribution is -2.02. The summed E-state index contributed by atoms with van der Waals surface area (Å²) < 4.78 is 10.8. The molecule has 2 heteroatoms. The first-order chi connectivity index (χ1) is 8.27. The number of unbranched alkanes of at least 4 members (excludes halogenated alkanes) is 11. The van der Waals surface area contributed by atoms with Gasteiger partial charge in [-0.3, -0.25) is 0 Å². The smallest absolute Gasteiger partial charge is 0.105 e. The number of hydrogen-bond donors (Lipinski definition) is 0. The molecule has 1 atom stereocenters. The number of rotatable bonds is 13. The van der Waals surface area contributed by atoms with Crippen molar-refractivity contribution in [2.24, 2.45) is 0 Å². The van der Waals surface area contributed by atoms with Crippen LogP contribution in [0.25, 0.3) is 0 Å². The Kier molecular flexibility index (Phi) is 14.6. The van der Waals surface area contributed by atoms with E-state index >= 15 is 0 Å². The van der Waals surface area contributed by atoms with Crippen molar-refractivity contribution in [3.8, 4) is 0 Å².